The molecule has 0 unspecified atom stereocenters. The summed E-state index contributed by atoms with van der Waals surface area (Å²) < 4.78 is 11.2. The average molecular weight is 323 g/mol. The number of carbonyl (C=O) groups is 1. The molecule has 1 fully saturated rings. The first-order valence-corrected chi connectivity index (χ1v) is 8.41. The maximum atomic E-state index is 12.8. The Hall–Kier alpha value is -2.49. The van der Waals surface area contributed by atoms with E-state index in [4.69, 9.17) is 9.47 Å². The minimum atomic E-state index is -0.403. The standard InChI is InChI=1S/C20H21NO3/c1-14-3-2-4-15(11-14)13-21-19(22)20(7-8-20)16-5-6-17-18(12-16)24-10-9-23-17/h2-6,11-12H,7-10,13H2,1H3,(H,21,22). The van der Waals surface area contributed by atoms with Gasteiger partial charge in [-0.1, -0.05) is 35.9 Å². The summed E-state index contributed by atoms with van der Waals surface area (Å²) in [6.45, 7) is 3.76. The number of nitrogens with one attached hydrogen (secondary N) is 1. The van der Waals surface area contributed by atoms with Gasteiger partial charge in [0.25, 0.3) is 0 Å². The summed E-state index contributed by atoms with van der Waals surface area (Å²) in [5, 5.41) is 3.10. The molecule has 1 heterocycles. The topological polar surface area (TPSA) is 47.6 Å². The van der Waals surface area contributed by atoms with Gasteiger partial charge in [-0.25, -0.2) is 0 Å². The monoisotopic (exact) mass is 323 g/mol. The molecule has 4 heteroatoms. The van der Waals surface area contributed by atoms with E-state index in [-0.39, 0.29) is 5.91 Å². The van der Waals surface area contributed by atoms with Crippen LogP contribution in [0, 0.1) is 6.92 Å². The summed E-state index contributed by atoms with van der Waals surface area (Å²) in [6.07, 6.45) is 1.76. The predicted molar refractivity (Wildman–Crippen MR) is 91.4 cm³/mol. The Morgan fingerprint density at radius 1 is 1.08 bits per heavy atom. The van der Waals surface area contributed by atoms with Crippen LogP contribution in [0.4, 0.5) is 0 Å². The van der Waals surface area contributed by atoms with Gasteiger partial charge in [0.15, 0.2) is 11.5 Å². The van der Waals surface area contributed by atoms with Crippen molar-refractivity contribution in [3.05, 3.63) is 59.2 Å². The van der Waals surface area contributed by atoms with Gasteiger partial charge in [-0.05, 0) is 43.0 Å². The molecule has 0 aromatic heterocycles. The van der Waals surface area contributed by atoms with E-state index in [1.165, 1.54) is 5.56 Å². The van der Waals surface area contributed by atoms with Crippen molar-refractivity contribution in [2.75, 3.05) is 13.2 Å². The maximum Gasteiger partial charge on any atom is 0.230 e. The van der Waals surface area contributed by atoms with E-state index >= 15 is 0 Å². The molecule has 2 aliphatic rings. The molecule has 1 aliphatic heterocycles. The van der Waals surface area contributed by atoms with Crippen LogP contribution in [0.25, 0.3) is 0 Å². The molecule has 1 amide bonds. The first kappa shape index (κ1) is 15.1. The lowest BCUT2D eigenvalue weighted by Gasteiger charge is -2.21. The zero-order valence-electron chi connectivity index (χ0n) is 13.8. The third-order valence-electron chi connectivity index (χ3n) is 4.81. The number of hydrogen-bond donors (Lipinski definition) is 1. The van der Waals surface area contributed by atoms with Crippen molar-refractivity contribution in [3.8, 4) is 11.5 Å². The van der Waals surface area contributed by atoms with E-state index in [2.05, 4.69) is 24.4 Å². The normalized spacial score (nSPS) is 17.2. The van der Waals surface area contributed by atoms with Gasteiger partial charge in [0.05, 0.1) is 5.41 Å². The first-order chi connectivity index (χ1) is 11.7. The van der Waals surface area contributed by atoms with E-state index < -0.39 is 5.41 Å². The van der Waals surface area contributed by atoms with Gasteiger partial charge in [0.2, 0.25) is 5.91 Å². The molecular weight excluding hydrogens is 302 g/mol. The zero-order chi connectivity index (χ0) is 16.6. The van der Waals surface area contributed by atoms with E-state index in [0.717, 1.165) is 35.5 Å². The van der Waals surface area contributed by atoms with Crippen LogP contribution in [0.3, 0.4) is 0 Å². The predicted octanol–water partition coefficient (Wildman–Crippen LogP) is 3.11. The summed E-state index contributed by atoms with van der Waals surface area (Å²) in [7, 11) is 0. The molecule has 1 N–H and O–H groups in total. The molecule has 0 saturated heterocycles. The van der Waals surface area contributed by atoms with Crippen molar-refractivity contribution in [2.24, 2.45) is 0 Å². The van der Waals surface area contributed by atoms with E-state index in [1.54, 1.807) is 0 Å². The Bertz CT molecular complexity index is 780. The van der Waals surface area contributed by atoms with Crippen LogP contribution in [0.1, 0.15) is 29.5 Å². The van der Waals surface area contributed by atoms with Gasteiger partial charge < -0.3 is 14.8 Å². The van der Waals surface area contributed by atoms with Crippen LogP contribution >= 0.6 is 0 Å². The number of ether oxygens (including phenoxy) is 2. The second kappa shape index (κ2) is 5.86. The fourth-order valence-electron chi connectivity index (χ4n) is 3.29. The third kappa shape index (κ3) is 2.73. The number of amides is 1. The van der Waals surface area contributed by atoms with Crippen molar-refractivity contribution in [1.82, 2.24) is 5.32 Å². The molecule has 2 aromatic rings. The van der Waals surface area contributed by atoms with Crippen molar-refractivity contribution in [1.29, 1.82) is 0 Å². The number of rotatable bonds is 4. The van der Waals surface area contributed by atoms with Crippen LogP contribution in [0.15, 0.2) is 42.5 Å². The van der Waals surface area contributed by atoms with Gasteiger partial charge in [-0.15, -0.1) is 0 Å². The fourth-order valence-corrected chi connectivity index (χ4v) is 3.29. The molecule has 2 aromatic carbocycles. The molecule has 1 saturated carbocycles. The van der Waals surface area contributed by atoms with Crippen molar-refractivity contribution in [2.45, 2.75) is 31.7 Å². The molecule has 0 spiro atoms. The number of benzene rings is 2. The Morgan fingerprint density at radius 3 is 2.62 bits per heavy atom. The molecule has 4 rings (SSSR count). The van der Waals surface area contributed by atoms with Crippen molar-refractivity contribution >= 4 is 5.91 Å². The molecule has 24 heavy (non-hydrogen) atoms. The highest BCUT2D eigenvalue weighted by Gasteiger charge is 2.51. The van der Waals surface area contributed by atoms with Gasteiger partial charge in [0, 0.05) is 6.54 Å². The number of hydrogen-bond acceptors (Lipinski definition) is 3. The SMILES string of the molecule is Cc1cccc(CNC(=O)C2(c3ccc4c(c3)OCCO4)CC2)c1. The second-order valence-electron chi connectivity index (χ2n) is 6.61. The highest BCUT2D eigenvalue weighted by atomic mass is 16.6. The summed E-state index contributed by atoms with van der Waals surface area (Å²) in [6, 6.07) is 14.1. The Balaban J connectivity index is 1.49. The number of carbonyl (C=O) groups excluding carboxylic acids is 1. The van der Waals surface area contributed by atoms with Crippen molar-refractivity contribution in [3.63, 3.8) is 0 Å². The second-order valence-corrected chi connectivity index (χ2v) is 6.61. The Morgan fingerprint density at radius 2 is 1.88 bits per heavy atom. The molecule has 1 aliphatic carbocycles. The first-order valence-electron chi connectivity index (χ1n) is 8.41. The number of aryl methyl sites for hydroxylation is 1. The average Bonchev–Trinajstić information content (AvgIpc) is 3.41. The van der Waals surface area contributed by atoms with Crippen LogP contribution in [0.5, 0.6) is 11.5 Å². The zero-order valence-corrected chi connectivity index (χ0v) is 13.8. The lowest BCUT2D eigenvalue weighted by atomic mass is 9.94. The molecular formula is C20H21NO3. The molecule has 0 bridgehead atoms. The lowest BCUT2D eigenvalue weighted by Crippen LogP contribution is -2.34. The fraction of sp³-hybridized carbons (Fsp3) is 0.350. The van der Waals surface area contributed by atoms with Crippen LogP contribution in [-0.4, -0.2) is 19.1 Å². The summed E-state index contributed by atoms with van der Waals surface area (Å²) in [4.78, 5) is 12.8. The molecule has 0 atom stereocenters. The minimum absolute atomic E-state index is 0.0979. The van der Waals surface area contributed by atoms with Crippen LogP contribution in [0.2, 0.25) is 0 Å². The Kier molecular flexibility index (Phi) is 3.68. The van der Waals surface area contributed by atoms with Gasteiger partial charge in [-0.2, -0.15) is 0 Å². The highest BCUT2D eigenvalue weighted by molar-refractivity contribution is 5.91. The van der Waals surface area contributed by atoms with Gasteiger partial charge >= 0.3 is 0 Å². The summed E-state index contributed by atoms with van der Waals surface area (Å²) in [5.41, 5.74) is 2.95. The van der Waals surface area contributed by atoms with Crippen LogP contribution < -0.4 is 14.8 Å². The van der Waals surface area contributed by atoms with E-state index in [0.29, 0.717) is 19.8 Å². The summed E-state index contributed by atoms with van der Waals surface area (Å²) >= 11 is 0. The van der Waals surface area contributed by atoms with E-state index in [9.17, 15) is 4.79 Å². The largest absolute Gasteiger partial charge is 0.486 e. The maximum absolute atomic E-state index is 12.8. The molecule has 4 nitrogen and oxygen atoms in total. The number of fused-ring (bicyclic) bond motifs is 1. The molecule has 0 radical (unpaired) electrons. The molecule has 124 valence electrons. The smallest absolute Gasteiger partial charge is 0.230 e. The van der Waals surface area contributed by atoms with Crippen LogP contribution in [-0.2, 0) is 16.8 Å². The highest BCUT2D eigenvalue weighted by Crippen LogP contribution is 2.50. The van der Waals surface area contributed by atoms with E-state index in [1.807, 2.05) is 30.3 Å². The summed E-state index contributed by atoms with van der Waals surface area (Å²) in [5.74, 6) is 1.61. The van der Waals surface area contributed by atoms with Gasteiger partial charge in [0.1, 0.15) is 13.2 Å². The minimum Gasteiger partial charge on any atom is -0.486 e. The third-order valence-corrected chi connectivity index (χ3v) is 4.81. The van der Waals surface area contributed by atoms with Crippen molar-refractivity contribution < 1.29 is 14.3 Å². The Labute approximate surface area is 141 Å². The quantitative estimate of drug-likeness (QED) is 0.940. The van der Waals surface area contributed by atoms with Gasteiger partial charge in [-0.3, -0.25) is 4.79 Å². The lowest BCUT2D eigenvalue weighted by molar-refractivity contribution is -0.123.